The van der Waals surface area contributed by atoms with Gasteiger partial charge < -0.3 is 21.1 Å². The zero-order valence-corrected chi connectivity index (χ0v) is 9.28. The number of nitrogens with zero attached hydrogens (tertiary/aromatic N) is 1. The lowest BCUT2D eigenvalue weighted by atomic mass is 9.91. The molecule has 1 heterocycles. The van der Waals surface area contributed by atoms with Crippen molar-refractivity contribution < 1.29 is 9.90 Å². The maximum Gasteiger partial charge on any atom is 0.303 e. The second-order valence-corrected chi connectivity index (χ2v) is 4.23. The normalized spacial score (nSPS) is 27.9. The third-order valence-electron chi connectivity index (χ3n) is 2.93. The maximum absolute atomic E-state index is 10.7. The lowest BCUT2D eigenvalue weighted by Crippen LogP contribution is -2.49. The average Bonchev–Trinajstić information content (AvgIpc) is 2.16. The van der Waals surface area contributed by atoms with Crippen molar-refractivity contribution in [3.05, 3.63) is 0 Å². The summed E-state index contributed by atoms with van der Waals surface area (Å²) in [5, 5.41) is 12.0. The van der Waals surface area contributed by atoms with E-state index in [1.54, 1.807) is 0 Å². The standard InChI is InChI=1S/C10H21N3O2/c1-12-9-4-8(5-10(14)15)6-13(7-9)3-2-11/h8-9,12H,2-7,11H2,1H3,(H,14,15). The molecule has 2 unspecified atom stereocenters. The van der Waals surface area contributed by atoms with E-state index in [1.165, 1.54) is 0 Å². The van der Waals surface area contributed by atoms with Gasteiger partial charge in [0.2, 0.25) is 0 Å². The Morgan fingerprint density at radius 3 is 2.87 bits per heavy atom. The second kappa shape index (κ2) is 6.05. The van der Waals surface area contributed by atoms with Crippen molar-refractivity contribution in [1.29, 1.82) is 0 Å². The highest BCUT2D eigenvalue weighted by molar-refractivity contribution is 5.67. The molecule has 4 N–H and O–H groups in total. The van der Waals surface area contributed by atoms with E-state index in [9.17, 15) is 4.79 Å². The Labute approximate surface area is 90.6 Å². The van der Waals surface area contributed by atoms with Crippen molar-refractivity contribution in [2.75, 3.05) is 33.2 Å². The first kappa shape index (κ1) is 12.4. The van der Waals surface area contributed by atoms with Gasteiger partial charge in [-0.25, -0.2) is 0 Å². The summed E-state index contributed by atoms with van der Waals surface area (Å²) in [5.74, 6) is -0.454. The van der Waals surface area contributed by atoms with Gasteiger partial charge in [-0.1, -0.05) is 0 Å². The number of hydrogen-bond donors (Lipinski definition) is 3. The monoisotopic (exact) mass is 215 g/mol. The van der Waals surface area contributed by atoms with Crippen LogP contribution in [-0.2, 0) is 4.79 Å². The van der Waals surface area contributed by atoms with Gasteiger partial charge in [0, 0.05) is 38.6 Å². The molecule has 0 aliphatic carbocycles. The summed E-state index contributed by atoms with van der Waals surface area (Å²) in [7, 11) is 1.93. The summed E-state index contributed by atoms with van der Waals surface area (Å²) in [6.07, 6.45) is 1.21. The number of nitrogens with two attached hydrogens (primary N) is 1. The predicted octanol–water partition coefficient (Wildman–Crippen LogP) is -0.670. The van der Waals surface area contributed by atoms with Crippen molar-refractivity contribution in [2.24, 2.45) is 11.7 Å². The fourth-order valence-electron chi connectivity index (χ4n) is 2.27. The number of piperidine rings is 1. The van der Waals surface area contributed by atoms with E-state index in [-0.39, 0.29) is 12.3 Å². The number of likely N-dealkylation sites (N-methyl/N-ethyl adjacent to an activating group) is 1. The van der Waals surface area contributed by atoms with Gasteiger partial charge in [0.15, 0.2) is 0 Å². The zero-order valence-electron chi connectivity index (χ0n) is 9.28. The Bertz CT molecular complexity index is 211. The Morgan fingerprint density at radius 1 is 1.60 bits per heavy atom. The highest BCUT2D eigenvalue weighted by Gasteiger charge is 2.27. The van der Waals surface area contributed by atoms with E-state index in [1.807, 2.05) is 7.05 Å². The first-order valence-corrected chi connectivity index (χ1v) is 5.47. The molecule has 0 radical (unpaired) electrons. The van der Waals surface area contributed by atoms with Crippen molar-refractivity contribution in [1.82, 2.24) is 10.2 Å². The van der Waals surface area contributed by atoms with Crippen molar-refractivity contribution >= 4 is 5.97 Å². The van der Waals surface area contributed by atoms with Crippen LogP contribution in [0.1, 0.15) is 12.8 Å². The summed E-state index contributed by atoms with van der Waals surface area (Å²) in [5.41, 5.74) is 5.51. The molecule has 0 aromatic rings. The number of nitrogens with one attached hydrogen (secondary N) is 1. The SMILES string of the molecule is CNC1CC(CC(=O)O)CN(CCN)C1. The number of rotatable bonds is 5. The Kier molecular flexibility index (Phi) is 5.01. The lowest BCUT2D eigenvalue weighted by Gasteiger charge is -2.37. The van der Waals surface area contributed by atoms with Crippen LogP contribution in [-0.4, -0.2) is 55.2 Å². The van der Waals surface area contributed by atoms with Crippen LogP contribution in [0.15, 0.2) is 0 Å². The molecule has 0 spiro atoms. The molecule has 15 heavy (non-hydrogen) atoms. The van der Waals surface area contributed by atoms with Gasteiger partial charge in [-0.05, 0) is 19.4 Å². The van der Waals surface area contributed by atoms with Crippen LogP contribution in [0.25, 0.3) is 0 Å². The summed E-state index contributed by atoms with van der Waals surface area (Å²) in [6.45, 7) is 3.33. The number of likely N-dealkylation sites (tertiary alicyclic amines) is 1. The minimum atomic E-state index is -0.704. The summed E-state index contributed by atoms with van der Waals surface area (Å²) in [4.78, 5) is 12.9. The molecule has 1 saturated heterocycles. The summed E-state index contributed by atoms with van der Waals surface area (Å²) >= 11 is 0. The third-order valence-corrected chi connectivity index (χ3v) is 2.93. The fourth-order valence-corrected chi connectivity index (χ4v) is 2.27. The molecule has 1 fully saturated rings. The van der Waals surface area contributed by atoms with Gasteiger partial charge in [0.1, 0.15) is 0 Å². The number of carbonyl (C=O) groups is 1. The highest BCUT2D eigenvalue weighted by Crippen LogP contribution is 2.19. The molecule has 0 bridgehead atoms. The van der Waals surface area contributed by atoms with Gasteiger partial charge in [-0.2, -0.15) is 0 Å². The minimum absolute atomic E-state index is 0.250. The largest absolute Gasteiger partial charge is 0.481 e. The number of aliphatic carboxylic acids is 1. The molecule has 0 aromatic heterocycles. The third kappa shape index (κ3) is 4.15. The molecule has 0 aromatic carbocycles. The van der Waals surface area contributed by atoms with Gasteiger partial charge in [0.05, 0.1) is 0 Å². The van der Waals surface area contributed by atoms with E-state index in [0.29, 0.717) is 12.6 Å². The molecule has 88 valence electrons. The predicted molar refractivity (Wildman–Crippen MR) is 58.7 cm³/mol. The van der Waals surface area contributed by atoms with Crippen LogP contribution in [0.2, 0.25) is 0 Å². The number of carboxylic acid groups (broad SMARTS) is 1. The van der Waals surface area contributed by atoms with Gasteiger partial charge in [-0.3, -0.25) is 4.79 Å². The molecule has 5 nitrogen and oxygen atoms in total. The molecular weight excluding hydrogens is 194 g/mol. The van der Waals surface area contributed by atoms with Gasteiger partial charge >= 0.3 is 5.97 Å². The van der Waals surface area contributed by atoms with E-state index < -0.39 is 5.97 Å². The lowest BCUT2D eigenvalue weighted by molar-refractivity contribution is -0.138. The zero-order chi connectivity index (χ0) is 11.3. The van der Waals surface area contributed by atoms with Crippen LogP contribution >= 0.6 is 0 Å². The van der Waals surface area contributed by atoms with Crippen molar-refractivity contribution in [3.8, 4) is 0 Å². The smallest absolute Gasteiger partial charge is 0.303 e. The molecule has 1 aliphatic rings. The molecule has 5 heteroatoms. The van der Waals surface area contributed by atoms with E-state index in [0.717, 1.165) is 26.1 Å². The van der Waals surface area contributed by atoms with Crippen LogP contribution < -0.4 is 11.1 Å². The molecule has 2 atom stereocenters. The summed E-state index contributed by atoms with van der Waals surface area (Å²) < 4.78 is 0. The fraction of sp³-hybridized carbons (Fsp3) is 0.900. The highest BCUT2D eigenvalue weighted by atomic mass is 16.4. The molecule has 1 aliphatic heterocycles. The van der Waals surface area contributed by atoms with E-state index >= 15 is 0 Å². The molecule has 0 amide bonds. The molecule has 1 rings (SSSR count). The number of carboxylic acids is 1. The summed E-state index contributed by atoms with van der Waals surface area (Å²) in [6, 6.07) is 0.398. The van der Waals surface area contributed by atoms with Gasteiger partial charge in [0.25, 0.3) is 0 Å². The Morgan fingerprint density at radius 2 is 2.33 bits per heavy atom. The Balaban J connectivity index is 2.46. The first-order valence-electron chi connectivity index (χ1n) is 5.47. The van der Waals surface area contributed by atoms with Crippen molar-refractivity contribution in [3.63, 3.8) is 0 Å². The van der Waals surface area contributed by atoms with Crippen molar-refractivity contribution in [2.45, 2.75) is 18.9 Å². The Hall–Kier alpha value is -0.650. The average molecular weight is 215 g/mol. The molecule has 0 saturated carbocycles. The first-order chi connectivity index (χ1) is 7.15. The van der Waals surface area contributed by atoms with Crippen LogP contribution in [0.4, 0.5) is 0 Å². The quantitative estimate of drug-likeness (QED) is 0.567. The van der Waals surface area contributed by atoms with Gasteiger partial charge in [-0.15, -0.1) is 0 Å². The minimum Gasteiger partial charge on any atom is -0.481 e. The van der Waals surface area contributed by atoms with Crippen LogP contribution in [0.5, 0.6) is 0 Å². The molecular formula is C10H21N3O2. The topological polar surface area (TPSA) is 78.6 Å². The van der Waals surface area contributed by atoms with Crippen LogP contribution in [0, 0.1) is 5.92 Å². The van der Waals surface area contributed by atoms with E-state index in [4.69, 9.17) is 10.8 Å². The van der Waals surface area contributed by atoms with E-state index in [2.05, 4.69) is 10.2 Å². The maximum atomic E-state index is 10.7. The second-order valence-electron chi connectivity index (χ2n) is 4.23. The number of hydrogen-bond acceptors (Lipinski definition) is 4. The van der Waals surface area contributed by atoms with Crippen LogP contribution in [0.3, 0.4) is 0 Å².